The molecule has 0 heterocycles. The fourth-order valence-corrected chi connectivity index (χ4v) is 2.63. The number of anilines is 1. The van der Waals surface area contributed by atoms with Gasteiger partial charge in [0.1, 0.15) is 5.75 Å². The first-order chi connectivity index (χ1) is 10.0. The molecule has 0 fully saturated rings. The third kappa shape index (κ3) is 3.77. The Balaban J connectivity index is 2.08. The average molecular weight is 369 g/mol. The first-order valence-electron chi connectivity index (χ1n) is 6.38. The number of ether oxygens (including phenoxy) is 1. The highest BCUT2D eigenvalue weighted by Crippen LogP contribution is 2.26. The molecule has 0 unspecified atom stereocenters. The van der Waals surface area contributed by atoms with E-state index in [1.165, 1.54) is 0 Å². The normalized spacial score (nSPS) is 10.3. The maximum atomic E-state index is 12.2. The summed E-state index contributed by atoms with van der Waals surface area (Å²) in [6.45, 7) is 2.12. The van der Waals surface area contributed by atoms with Gasteiger partial charge in [0.05, 0.1) is 18.1 Å². The minimum absolute atomic E-state index is 0.00210. The molecule has 2 aromatic rings. The molecule has 110 valence electrons. The van der Waals surface area contributed by atoms with Gasteiger partial charge < -0.3 is 10.1 Å². The van der Waals surface area contributed by atoms with E-state index in [1.54, 1.807) is 25.3 Å². The lowest BCUT2D eigenvalue weighted by Crippen LogP contribution is -2.14. The summed E-state index contributed by atoms with van der Waals surface area (Å²) in [5, 5.41) is 3.80. The Morgan fingerprint density at radius 2 is 2.10 bits per heavy atom. The second-order valence-corrected chi connectivity index (χ2v) is 5.80. The number of nitrogens with one attached hydrogen (secondary N) is 1. The molecule has 0 radical (unpaired) electrons. The van der Waals surface area contributed by atoms with Crippen molar-refractivity contribution in [2.45, 2.75) is 6.92 Å². The summed E-state index contributed by atoms with van der Waals surface area (Å²) in [5.41, 5.74) is 2.42. The van der Waals surface area contributed by atoms with Crippen molar-refractivity contribution in [1.82, 2.24) is 0 Å². The fraction of sp³-hybridized carbons (Fsp3) is 0.188. The number of methoxy groups -OCH3 is 1. The number of rotatable bonds is 5. The van der Waals surface area contributed by atoms with Gasteiger partial charge in [-0.05, 0) is 58.7 Å². The van der Waals surface area contributed by atoms with Gasteiger partial charge >= 0.3 is 0 Å². The van der Waals surface area contributed by atoms with Crippen molar-refractivity contribution in [2.75, 3.05) is 19.0 Å². The highest BCUT2D eigenvalue weighted by atomic mass is 79.9. The number of hydrogen-bond acceptors (Lipinski definition) is 3. The third-order valence-corrected chi connectivity index (χ3v) is 4.21. The molecule has 1 N–H and O–H groups in total. The summed E-state index contributed by atoms with van der Waals surface area (Å²) in [7, 11) is 1.59. The van der Waals surface area contributed by atoms with Crippen LogP contribution in [0.3, 0.4) is 0 Å². The topological polar surface area (TPSA) is 38.3 Å². The van der Waals surface area contributed by atoms with Crippen LogP contribution in [-0.2, 0) is 0 Å². The van der Waals surface area contributed by atoms with E-state index in [-0.39, 0.29) is 12.3 Å². The second-order valence-electron chi connectivity index (χ2n) is 4.54. The van der Waals surface area contributed by atoms with E-state index >= 15 is 0 Å². The molecule has 0 amide bonds. The van der Waals surface area contributed by atoms with E-state index in [1.807, 2.05) is 25.1 Å². The van der Waals surface area contributed by atoms with Gasteiger partial charge in [-0.1, -0.05) is 17.7 Å². The number of carbonyl (C=O) groups excluding carboxylic acids is 1. The van der Waals surface area contributed by atoms with Gasteiger partial charge in [0.2, 0.25) is 0 Å². The average Bonchev–Trinajstić information content (AvgIpc) is 2.48. The SMILES string of the molecule is COc1ccc(C(=O)CNc2cccc(Cl)c2C)cc1Br. The molecule has 0 saturated heterocycles. The Kier molecular flexibility index (Phi) is 5.26. The van der Waals surface area contributed by atoms with Crippen molar-refractivity contribution in [3.8, 4) is 5.75 Å². The molecular formula is C16H15BrClNO2. The Morgan fingerprint density at radius 3 is 2.76 bits per heavy atom. The van der Waals surface area contributed by atoms with E-state index in [4.69, 9.17) is 16.3 Å². The Bertz CT molecular complexity index is 673. The molecule has 5 heteroatoms. The van der Waals surface area contributed by atoms with Gasteiger partial charge in [0, 0.05) is 16.3 Å². The van der Waals surface area contributed by atoms with Gasteiger partial charge in [0.25, 0.3) is 0 Å². The lowest BCUT2D eigenvalue weighted by molar-refractivity contribution is 0.101. The van der Waals surface area contributed by atoms with Crippen LogP contribution < -0.4 is 10.1 Å². The largest absolute Gasteiger partial charge is 0.496 e. The zero-order chi connectivity index (χ0) is 15.4. The molecule has 3 nitrogen and oxygen atoms in total. The van der Waals surface area contributed by atoms with Crippen LogP contribution >= 0.6 is 27.5 Å². The summed E-state index contributed by atoms with van der Waals surface area (Å²) in [6, 6.07) is 10.9. The highest BCUT2D eigenvalue weighted by Gasteiger charge is 2.10. The fourth-order valence-electron chi connectivity index (χ4n) is 1.92. The number of benzene rings is 2. The number of hydrogen-bond donors (Lipinski definition) is 1. The first kappa shape index (κ1) is 15.9. The Hall–Kier alpha value is -1.52. The smallest absolute Gasteiger partial charge is 0.181 e. The first-order valence-corrected chi connectivity index (χ1v) is 7.55. The van der Waals surface area contributed by atoms with E-state index in [2.05, 4.69) is 21.2 Å². The lowest BCUT2D eigenvalue weighted by Gasteiger charge is -2.10. The monoisotopic (exact) mass is 367 g/mol. The van der Waals surface area contributed by atoms with Crippen molar-refractivity contribution in [3.63, 3.8) is 0 Å². The number of Topliss-reactive ketones (excluding diaryl/α,β-unsaturated/α-hetero) is 1. The number of halogens is 2. The molecule has 0 aromatic heterocycles. The summed E-state index contributed by atoms with van der Waals surface area (Å²) in [5.74, 6) is 0.697. The van der Waals surface area contributed by atoms with Gasteiger partial charge in [-0.2, -0.15) is 0 Å². The second kappa shape index (κ2) is 6.96. The number of ketones is 1. The van der Waals surface area contributed by atoms with Crippen LogP contribution in [0.25, 0.3) is 0 Å². The van der Waals surface area contributed by atoms with E-state index in [0.29, 0.717) is 16.3 Å². The van der Waals surface area contributed by atoms with Gasteiger partial charge in [-0.25, -0.2) is 0 Å². The van der Waals surface area contributed by atoms with Crippen molar-refractivity contribution in [3.05, 3.63) is 57.0 Å². The standard InChI is InChI=1S/C16H15BrClNO2/c1-10-13(18)4-3-5-14(10)19-9-15(20)11-6-7-16(21-2)12(17)8-11/h3-8,19H,9H2,1-2H3. The lowest BCUT2D eigenvalue weighted by atomic mass is 10.1. The molecule has 0 aliphatic rings. The van der Waals surface area contributed by atoms with Gasteiger partial charge in [-0.3, -0.25) is 4.79 Å². The quantitative estimate of drug-likeness (QED) is 0.776. The zero-order valence-electron chi connectivity index (χ0n) is 11.7. The maximum absolute atomic E-state index is 12.2. The zero-order valence-corrected chi connectivity index (χ0v) is 14.1. The van der Waals surface area contributed by atoms with Crippen LogP contribution in [-0.4, -0.2) is 19.4 Å². The summed E-state index contributed by atoms with van der Waals surface area (Å²) in [6.07, 6.45) is 0. The van der Waals surface area contributed by atoms with Crippen LogP contribution in [0.1, 0.15) is 15.9 Å². The molecule has 0 aliphatic heterocycles. The minimum atomic E-state index is -0.00210. The van der Waals surface area contributed by atoms with Crippen LogP contribution in [0.2, 0.25) is 5.02 Å². The van der Waals surface area contributed by atoms with Crippen LogP contribution in [0.5, 0.6) is 5.75 Å². The van der Waals surface area contributed by atoms with Crippen LogP contribution in [0, 0.1) is 6.92 Å². The van der Waals surface area contributed by atoms with Crippen LogP contribution in [0.15, 0.2) is 40.9 Å². The summed E-state index contributed by atoms with van der Waals surface area (Å²) in [4.78, 5) is 12.2. The van der Waals surface area contributed by atoms with Crippen LogP contribution in [0.4, 0.5) is 5.69 Å². The van der Waals surface area contributed by atoms with Crippen molar-refractivity contribution in [1.29, 1.82) is 0 Å². The molecule has 0 atom stereocenters. The molecule has 0 aliphatic carbocycles. The molecule has 0 spiro atoms. The van der Waals surface area contributed by atoms with Crippen molar-refractivity contribution in [2.24, 2.45) is 0 Å². The maximum Gasteiger partial charge on any atom is 0.181 e. The van der Waals surface area contributed by atoms with Gasteiger partial charge in [0.15, 0.2) is 5.78 Å². The molecule has 0 bridgehead atoms. The molecule has 2 aromatic carbocycles. The predicted molar refractivity (Wildman–Crippen MR) is 89.7 cm³/mol. The van der Waals surface area contributed by atoms with Gasteiger partial charge in [-0.15, -0.1) is 0 Å². The molecule has 2 rings (SSSR count). The third-order valence-electron chi connectivity index (χ3n) is 3.18. The Labute approximate surface area is 137 Å². The molecular weight excluding hydrogens is 354 g/mol. The Morgan fingerprint density at radius 1 is 1.33 bits per heavy atom. The van der Waals surface area contributed by atoms with E-state index < -0.39 is 0 Å². The van der Waals surface area contributed by atoms with Crippen molar-refractivity contribution >= 4 is 39.0 Å². The summed E-state index contributed by atoms with van der Waals surface area (Å²) >= 11 is 9.43. The molecule has 0 saturated carbocycles. The minimum Gasteiger partial charge on any atom is -0.496 e. The number of carbonyl (C=O) groups is 1. The summed E-state index contributed by atoms with van der Waals surface area (Å²) < 4.78 is 5.91. The van der Waals surface area contributed by atoms with E-state index in [9.17, 15) is 4.79 Å². The van der Waals surface area contributed by atoms with E-state index in [0.717, 1.165) is 15.7 Å². The van der Waals surface area contributed by atoms with Crippen molar-refractivity contribution < 1.29 is 9.53 Å². The highest BCUT2D eigenvalue weighted by molar-refractivity contribution is 9.10. The predicted octanol–water partition coefficient (Wildman–Crippen LogP) is 4.71. The molecule has 21 heavy (non-hydrogen) atoms.